The minimum atomic E-state index is -1.14. The predicted octanol–water partition coefficient (Wildman–Crippen LogP) is 2.39. The molecule has 128 valence electrons. The molecule has 6 heteroatoms. The molecular weight excluding hydrogens is 308 g/mol. The number of hydrogen-bond acceptors (Lipinski definition) is 4. The monoisotopic (exact) mass is 330 g/mol. The Bertz CT molecular complexity index is 665. The van der Waals surface area contributed by atoms with E-state index in [-0.39, 0.29) is 18.5 Å². The lowest BCUT2D eigenvalue weighted by Gasteiger charge is -2.26. The highest BCUT2D eigenvalue weighted by atomic mass is 16.5. The minimum absolute atomic E-state index is 0.125. The van der Waals surface area contributed by atoms with Crippen LogP contribution < -0.4 is 15.4 Å². The fourth-order valence-corrected chi connectivity index (χ4v) is 2.72. The first-order valence-electron chi connectivity index (χ1n) is 8.03. The first-order valence-corrected chi connectivity index (χ1v) is 8.03. The van der Waals surface area contributed by atoms with Gasteiger partial charge in [-0.3, -0.25) is 0 Å². The molecule has 0 aliphatic heterocycles. The number of carbonyl (C=O) groups excluding carboxylic acids is 1. The fraction of sp³-hybridized carbons (Fsp3) is 0.389. The van der Waals surface area contributed by atoms with Gasteiger partial charge in [-0.05, 0) is 48.6 Å². The number of aliphatic hydroxyl groups is 1. The maximum absolute atomic E-state index is 12.0. The number of hydrogen-bond donors (Lipinski definition) is 3. The molecule has 1 saturated carbocycles. The first-order chi connectivity index (χ1) is 11.6. The van der Waals surface area contributed by atoms with Crippen LogP contribution in [0.1, 0.15) is 24.2 Å². The van der Waals surface area contributed by atoms with Crippen molar-refractivity contribution >= 4 is 6.03 Å². The van der Waals surface area contributed by atoms with Gasteiger partial charge in [-0.15, -0.1) is 0 Å². The second-order valence-corrected chi connectivity index (χ2v) is 6.06. The Morgan fingerprint density at radius 3 is 2.62 bits per heavy atom. The summed E-state index contributed by atoms with van der Waals surface area (Å²) < 4.78 is 10.4. The van der Waals surface area contributed by atoms with E-state index >= 15 is 0 Å². The normalized spacial score (nSPS) is 16.2. The standard InChI is InChI=1S/C18H22N2O4/c1-23-15-8-4-13(5-9-15)11-19-17(21)20-12-18(22,14-6-7-14)16-3-2-10-24-16/h2-5,8-10,14,22H,6-7,11-12H2,1H3,(H2,19,20,21). The summed E-state index contributed by atoms with van der Waals surface area (Å²) in [6.07, 6.45) is 3.41. The second kappa shape index (κ2) is 6.97. The summed E-state index contributed by atoms with van der Waals surface area (Å²) in [6, 6.07) is 10.6. The smallest absolute Gasteiger partial charge is 0.315 e. The van der Waals surface area contributed by atoms with Crippen LogP contribution in [0.15, 0.2) is 47.1 Å². The molecule has 2 amide bonds. The zero-order valence-electron chi connectivity index (χ0n) is 13.6. The van der Waals surface area contributed by atoms with Crippen molar-refractivity contribution in [1.29, 1.82) is 0 Å². The summed E-state index contributed by atoms with van der Waals surface area (Å²) in [6.45, 7) is 0.526. The van der Waals surface area contributed by atoms with Crippen LogP contribution in [0.5, 0.6) is 5.75 Å². The number of urea groups is 1. The topological polar surface area (TPSA) is 83.7 Å². The molecule has 1 fully saturated rings. The Morgan fingerprint density at radius 1 is 1.29 bits per heavy atom. The third-order valence-electron chi connectivity index (χ3n) is 4.33. The number of benzene rings is 1. The van der Waals surface area contributed by atoms with Crippen molar-refractivity contribution in [2.24, 2.45) is 5.92 Å². The molecule has 1 heterocycles. The predicted molar refractivity (Wildman–Crippen MR) is 88.6 cm³/mol. The SMILES string of the molecule is COc1ccc(CNC(=O)NCC(O)(c2ccco2)C2CC2)cc1. The van der Waals surface area contributed by atoms with Crippen molar-refractivity contribution in [2.75, 3.05) is 13.7 Å². The molecular formula is C18H22N2O4. The third kappa shape index (κ3) is 3.71. The molecule has 0 saturated heterocycles. The number of furan rings is 1. The molecule has 2 aromatic rings. The Morgan fingerprint density at radius 2 is 2.04 bits per heavy atom. The van der Waals surface area contributed by atoms with Crippen LogP contribution in [0.2, 0.25) is 0 Å². The number of methoxy groups -OCH3 is 1. The van der Waals surface area contributed by atoms with E-state index in [0.717, 1.165) is 24.2 Å². The van der Waals surface area contributed by atoms with Gasteiger partial charge in [0.25, 0.3) is 0 Å². The zero-order chi connectivity index (χ0) is 17.0. The van der Waals surface area contributed by atoms with E-state index in [1.54, 1.807) is 19.2 Å². The van der Waals surface area contributed by atoms with Crippen molar-refractivity contribution in [3.05, 3.63) is 54.0 Å². The number of rotatable bonds is 7. The molecule has 1 aliphatic rings. The highest BCUT2D eigenvalue weighted by Crippen LogP contribution is 2.45. The van der Waals surface area contributed by atoms with Gasteiger partial charge in [-0.25, -0.2) is 4.79 Å². The van der Waals surface area contributed by atoms with Gasteiger partial charge in [0.2, 0.25) is 0 Å². The van der Waals surface area contributed by atoms with Gasteiger partial charge in [-0.2, -0.15) is 0 Å². The number of nitrogens with one attached hydrogen (secondary N) is 2. The van der Waals surface area contributed by atoms with E-state index < -0.39 is 5.60 Å². The lowest BCUT2D eigenvalue weighted by molar-refractivity contribution is -0.00449. The second-order valence-electron chi connectivity index (χ2n) is 6.06. The fourth-order valence-electron chi connectivity index (χ4n) is 2.72. The molecule has 3 N–H and O–H groups in total. The summed E-state index contributed by atoms with van der Waals surface area (Å²) in [5.41, 5.74) is -0.171. The van der Waals surface area contributed by atoms with Gasteiger partial charge in [0.1, 0.15) is 17.1 Å². The lowest BCUT2D eigenvalue weighted by Crippen LogP contribution is -2.45. The minimum Gasteiger partial charge on any atom is -0.497 e. The Kier molecular flexibility index (Phi) is 4.76. The van der Waals surface area contributed by atoms with Crippen LogP contribution in [0.25, 0.3) is 0 Å². The maximum atomic E-state index is 12.0. The molecule has 1 aromatic carbocycles. The average molecular weight is 330 g/mol. The molecule has 6 nitrogen and oxygen atoms in total. The van der Waals surface area contributed by atoms with Gasteiger partial charge < -0.3 is 24.9 Å². The van der Waals surface area contributed by atoms with Gasteiger partial charge in [0, 0.05) is 6.54 Å². The van der Waals surface area contributed by atoms with Crippen LogP contribution in [0, 0.1) is 5.92 Å². The van der Waals surface area contributed by atoms with E-state index in [4.69, 9.17) is 9.15 Å². The van der Waals surface area contributed by atoms with Gasteiger partial charge in [0.15, 0.2) is 0 Å². The Balaban J connectivity index is 1.51. The molecule has 1 atom stereocenters. The van der Waals surface area contributed by atoms with Crippen molar-refractivity contribution in [1.82, 2.24) is 10.6 Å². The highest BCUT2D eigenvalue weighted by Gasteiger charge is 2.47. The van der Waals surface area contributed by atoms with Gasteiger partial charge >= 0.3 is 6.03 Å². The van der Waals surface area contributed by atoms with E-state index in [0.29, 0.717) is 12.3 Å². The van der Waals surface area contributed by atoms with Crippen LogP contribution in [-0.4, -0.2) is 24.8 Å². The zero-order valence-corrected chi connectivity index (χ0v) is 13.6. The van der Waals surface area contributed by atoms with E-state index in [9.17, 15) is 9.90 Å². The third-order valence-corrected chi connectivity index (χ3v) is 4.33. The number of amides is 2. The molecule has 24 heavy (non-hydrogen) atoms. The van der Waals surface area contributed by atoms with E-state index in [1.165, 1.54) is 6.26 Å². The largest absolute Gasteiger partial charge is 0.497 e. The van der Waals surface area contributed by atoms with Crippen molar-refractivity contribution < 1.29 is 19.1 Å². The quantitative estimate of drug-likeness (QED) is 0.728. The summed E-state index contributed by atoms with van der Waals surface area (Å²) in [4.78, 5) is 12.0. The molecule has 1 aromatic heterocycles. The maximum Gasteiger partial charge on any atom is 0.315 e. The Labute approximate surface area is 140 Å². The van der Waals surface area contributed by atoms with Crippen LogP contribution in [0.4, 0.5) is 4.79 Å². The summed E-state index contributed by atoms with van der Waals surface area (Å²) in [7, 11) is 1.61. The van der Waals surface area contributed by atoms with Gasteiger partial charge in [-0.1, -0.05) is 12.1 Å². The van der Waals surface area contributed by atoms with E-state index in [1.807, 2.05) is 24.3 Å². The van der Waals surface area contributed by atoms with Crippen LogP contribution >= 0.6 is 0 Å². The molecule has 3 rings (SSSR count). The first kappa shape index (κ1) is 16.4. The summed E-state index contributed by atoms with van der Waals surface area (Å²) >= 11 is 0. The summed E-state index contributed by atoms with van der Waals surface area (Å²) in [5, 5.41) is 16.4. The molecule has 0 bridgehead atoms. The summed E-state index contributed by atoms with van der Waals surface area (Å²) in [5.74, 6) is 1.40. The van der Waals surface area contributed by atoms with Crippen molar-refractivity contribution in [2.45, 2.75) is 25.0 Å². The van der Waals surface area contributed by atoms with E-state index in [2.05, 4.69) is 10.6 Å². The average Bonchev–Trinajstić information content (AvgIpc) is 3.33. The lowest BCUT2D eigenvalue weighted by atomic mass is 9.94. The molecule has 0 radical (unpaired) electrons. The van der Waals surface area contributed by atoms with Crippen molar-refractivity contribution in [3.8, 4) is 5.75 Å². The molecule has 1 aliphatic carbocycles. The molecule has 0 spiro atoms. The van der Waals surface area contributed by atoms with Crippen molar-refractivity contribution in [3.63, 3.8) is 0 Å². The number of ether oxygens (including phenoxy) is 1. The Hall–Kier alpha value is -2.47. The van der Waals surface area contributed by atoms with Gasteiger partial charge in [0.05, 0.1) is 19.9 Å². The van der Waals surface area contributed by atoms with Crippen LogP contribution in [-0.2, 0) is 12.1 Å². The highest BCUT2D eigenvalue weighted by molar-refractivity contribution is 5.73. The number of carbonyl (C=O) groups is 1. The van der Waals surface area contributed by atoms with Crippen LogP contribution in [0.3, 0.4) is 0 Å². The molecule has 1 unspecified atom stereocenters.